The minimum atomic E-state index is -1.12. The quantitative estimate of drug-likeness (QED) is 0.473. The largest absolute Gasteiger partial charge is 0.481 e. The van der Waals surface area contributed by atoms with E-state index in [4.69, 9.17) is 21.9 Å². The molecule has 1 aromatic carbocycles. The van der Waals surface area contributed by atoms with Gasteiger partial charge in [0.2, 0.25) is 0 Å². The van der Waals surface area contributed by atoms with Gasteiger partial charge in [-0.1, -0.05) is 28.8 Å². The second kappa shape index (κ2) is 8.20. The Bertz CT molecular complexity index is 577. The van der Waals surface area contributed by atoms with Gasteiger partial charge in [-0.25, -0.2) is 0 Å². The van der Waals surface area contributed by atoms with Gasteiger partial charge >= 0.3 is 5.97 Å². The fraction of sp³-hybridized carbons (Fsp3) is 0.562. The summed E-state index contributed by atoms with van der Waals surface area (Å²) in [5.74, 6) is -1.33. The van der Waals surface area contributed by atoms with E-state index >= 15 is 0 Å². The summed E-state index contributed by atoms with van der Waals surface area (Å²) in [6.45, 7) is 0. The minimum absolute atomic E-state index is 0.133. The molecule has 2 atom stereocenters. The lowest BCUT2D eigenvalue weighted by Crippen LogP contribution is -2.34. The summed E-state index contributed by atoms with van der Waals surface area (Å²) in [5, 5.41) is 13.6. The Morgan fingerprint density at radius 2 is 1.96 bits per heavy atom. The molecule has 0 spiro atoms. The summed E-state index contributed by atoms with van der Waals surface area (Å²) in [6, 6.07) is 5.99. The second-order valence-corrected chi connectivity index (χ2v) is 6.27. The Hall–Kier alpha value is -1.75. The molecule has 2 rings (SSSR count). The van der Waals surface area contributed by atoms with Crippen molar-refractivity contribution < 1.29 is 14.6 Å². The summed E-state index contributed by atoms with van der Waals surface area (Å²) in [4.78, 5) is 14.4. The summed E-state index contributed by atoms with van der Waals surface area (Å²) in [5.41, 5.74) is 9.60. The van der Waals surface area contributed by atoms with Gasteiger partial charge in [0.25, 0.3) is 0 Å². The molecule has 0 bridgehead atoms. The molecule has 0 aromatic heterocycles. The van der Waals surface area contributed by atoms with Crippen molar-refractivity contribution in [1.29, 1.82) is 0 Å². The van der Waals surface area contributed by atoms with Crippen LogP contribution in [0, 0.1) is 5.92 Å². The van der Waals surface area contributed by atoms with Crippen LogP contribution in [0.5, 0.6) is 0 Å². The highest BCUT2D eigenvalue weighted by molar-refractivity contribution is 6.30. The lowest BCUT2D eigenvalue weighted by molar-refractivity contribution is -0.139. The fourth-order valence-electron chi connectivity index (χ4n) is 3.41. The van der Waals surface area contributed by atoms with Gasteiger partial charge in [0.15, 0.2) is 0 Å². The predicted molar refractivity (Wildman–Crippen MR) is 87.5 cm³/mol. The van der Waals surface area contributed by atoms with Crippen molar-refractivity contribution in [2.24, 2.45) is 11.0 Å². The first-order valence-electron chi connectivity index (χ1n) is 7.62. The second-order valence-electron chi connectivity index (χ2n) is 5.84. The lowest BCUT2D eigenvalue weighted by Gasteiger charge is -2.35. The van der Waals surface area contributed by atoms with E-state index in [9.17, 15) is 9.90 Å². The van der Waals surface area contributed by atoms with Crippen LogP contribution in [0.15, 0.2) is 29.4 Å². The first-order valence-corrected chi connectivity index (χ1v) is 8.00. The highest BCUT2D eigenvalue weighted by atomic mass is 35.5. The number of carboxylic acid groups (broad SMARTS) is 1. The van der Waals surface area contributed by atoms with E-state index in [-0.39, 0.29) is 17.9 Å². The molecule has 0 heterocycles. The van der Waals surface area contributed by atoms with Crippen LogP contribution in [0.4, 0.5) is 0 Å². The number of carbonyl (C=O) groups is 1. The van der Waals surface area contributed by atoms with Crippen molar-refractivity contribution in [3.8, 4) is 0 Å². The average Bonchev–Trinajstić information content (AvgIpc) is 2.56. The zero-order valence-electron chi connectivity index (χ0n) is 12.9. The van der Waals surface area contributed by atoms with E-state index in [1.165, 1.54) is 0 Å². The van der Waals surface area contributed by atoms with E-state index in [0.717, 1.165) is 31.2 Å². The predicted octanol–water partition coefficient (Wildman–Crippen LogP) is 4.39. The average molecular weight is 338 g/mol. The number of ether oxygens (including phenoxy) is 1. The van der Waals surface area contributed by atoms with E-state index in [2.05, 4.69) is 10.0 Å². The van der Waals surface area contributed by atoms with Crippen molar-refractivity contribution in [3.63, 3.8) is 0 Å². The van der Waals surface area contributed by atoms with Gasteiger partial charge in [-0.15, -0.1) is 0 Å². The van der Waals surface area contributed by atoms with Crippen LogP contribution in [0.25, 0.3) is 10.4 Å². The molecule has 1 fully saturated rings. The number of halogens is 1. The molecular weight excluding hydrogens is 318 g/mol. The topological polar surface area (TPSA) is 95.3 Å². The Balaban J connectivity index is 2.32. The summed E-state index contributed by atoms with van der Waals surface area (Å²) >= 11 is 5.93. The smallest absolute Gasteiger partial charge is 0.313 e. The Morgan fingerprint density at radius 1 is 1.35 bits per heavy atom. The molecule has 6 nitrogen and oxygen atoms in total. The third kappa shape index (κ3) is 4.38. The van der Waals surface area contributed by atoms with Crippen molar-refractivity contribution >= 4 is 17.6 Å². The molecule has 1 saturated carbocycles. The molecule has 0 radical (unpaired) electrons. The molecule has 0 aliphatic heterocycles. The molecule has 1 aliphatic carbocycles. The molecule has 1 unspecified atom stereocenters. The van der Waals surface area contributed by atoms with E-state index in [1.54, 1.807) is 19.2 Å². The minimum Gasteiger partial charge on any atom is -0.481 e. The first kappa shape index (κ1) is 17.6. The van der Waals surface area contributed by atoms with Crippen LogP contribution < -0.4 is 0 Å². The van der Waals surface area contributed by atoms with Crippen LogP contribution in [0.3, 0.4) is 0 Å². The van der Waals surface area contributed by atoms with Gasteiger partial charge in [-0.3, -0.25) is 4.79 Å². The Labute approximate surface area is 140 Å². The number of rotatable bonds is 6. The summed E-state index contributed by atoms with van der Waals surface area (Å²) in [7, 11) is 1.70. The maximum absolute atomic E-state index is 11.6. The molecule has 0 saturated heterocycles. The Kier molecular flexibility index (Phi) is 6.28. The van der Waals surface area contributed by atoms with Gasteiger partial charge < -0.3 is 9.84 Å². The van der Waals surface area contributed by atoms with Gasteiger partial charge in [-0.05, 0) is 54.8 Å². The highest BCUT2D eigenvalue weighted by Crippen LogP contribution is 2.40. The van der Waals surface area contributed by atoms with Crippen molar-refractivity contribution in [1.82, 2.24) is 0 Å². The first-order chi connectivity index (χ1) is 11.1. The zero-order chi connectivity index (χ0) is 16.8. The van der Waals surface area contributed by atoms with E-state index in [0.29, 0.717) is 5.02 Å². The van der Waals surface area contributed by atoms with Crippen LogP contribution >= 0.6 is 11.6 Å². The molecular formula is C16H20ClN3O3. The maximum Gasteiger partial charge on any atom is 0.313 e. The molecule has 1 aliphatic rings. The van der Waals surface area contributed by atoms with Crippen LogP contribution in [-0.4, -0.2) is 30.3 Å². The number of hydrogen-bond acceptors (Lipinski definition) is 3. The highest BCUT2D eigenvalue weighted by Gasteiger charge is 2.37. The lowest BCUT2D eigenvalue weighted by atomic mass is 9.73. The van der Waals surface area contributed by atoms with Crippen molar-refractivity contribution in [2.75, 3.05) is 7.11 Å². The molecule has 1 aromatic rings. The monoisotopic (exact) mass is 337 g/mol. The van der Waals surface area contributed by atoms with Gasteiger partial charge in [0.1, 0.15) is 6.04 Å². The summed E-state index contributed by atoms with van der Waals surface area (Å²) < 4.78 is 5.38. The number of hydrogen-bond donors (Lipinski definition) is 1. The van der Waals surface area contributed by atoms with Crippen LogP contribution in [-0.2, 0) is 9.53 Å². The molecule has 1 N–H and O–H groups in total. The normalized spacial score (nSPS) is 23.6. The molecule has 0 amide bonds. The van der Waals surface area contributed by atoms with Gasteiger partial charge in [0.05, 0.1) is 6.10 Å². The molecule has 124 valence electrons. The van der Waals surface area contributed by atoms with Gasteiger partial charge in [-0.2, -0.15) is 0 Å². The number of aliphatic carboxylic acids is 1. The van der Waals surface area contributed by atoms with Crippen LogP contribution in [0.1, 0.15) is 37.2 Å². The van der Waals surface area contributed by atoms with Crippen molar-refractivity contribution in [2.45, 2.75) is 43.7 Å². The van der Waals surface area contributed by atoms with Gasteiger partial charge in [0, 0.05) is 23.0 Å². The number of methoxy groups -OCH3 is 1. The number of carboxylic acids is 1. The third-order valence-corrected chi connectivity index (χ3v) is 4.84. The Morgan fingerprint density at radius 3 is 2.43 bits per heavy atom. The van der Waals surface area contributed by atoms with E-state index in [1.807, 2.05) is 12.1 Å². The standard InChI is InChI=1S/C16H20ClN3O3/c1-23-13-8-4-11(5-9-13)14(15(16(21)22)19-20-18)10-2-6-12(17)7-3-10/h2-3,6-7,11,13-15H,4-5,8-9H2,1H3,(H,21,22)/t11-,13-,14-,15?/m0/s1. The number of benzene rings is 1. The van der Waals surface area contributed by atoms with Crippen molar-refractivity contribution in [3.05, 3.63) is 45.3 Å². The van der Waals surface area contributed by atoms with E-state index < -0.39 is 12.0 Å². The third-order valence-electron chi connectivity index (χ3n) is 4.58. The number of nitrogens with zero attached hydrogens (tertiary/aromatic N) is 3. The summed E-state index contributed by atoms with van der Waals surface area (Å²) in [6.07, 6.45) is 3.68. The maximum atomic E-state index is 11.6. The fourth-order valence-corrected chi connectivity index (χ4v) is 3.54. The SMILES string of the molecule is CO[C@H]1CC[C@H]([C@H](c2ccc(Cl)cc2)C(N=[N+]=[N-])C(=O)O)CC1. The molecule has 23 heavy (non-hydrogen) atoms. The zero-order valence-corrected chi connectivity index (χ0v) is 13.7. The van der Waals surface area contributed by atoms with Crippen LogP contribution in [0.2, 0.25) is 5.02 Å². The molecule has 7 heteroatoms. The number of azide groups is 1.